The quantitative estimate of drug-likeness (QED) is 0.859. The molecule has 4 nitrogen and oxygen atoms in total. The second-order valence-corrected chi connectivity index (χ2v) is 6.28. The first kappa shape index (κ1) is 14.3. The van der Waals surface area contributed by atoms with E-state index in [1.165, 1.54) is 23.5 Å². The number of sulfonamides is 1. The molecular formula is C11H17ClN2O2S. The Kier molecular flexibility index (Phi) is 4.41. The lowest BCUT2D eigenvalue weighted by Gasteiger charge is -2.24. The Hall–Kier alpha value is -0.780. The van der Waals surface area contributed by atoms with Gasteiger partial charge in [0.2, 0.25) is 10.0 Å². The van der Waals surface area contributed by atoms with Crippen LogP contribution in [0.3, 0.4) is 0 Å². The summed E-state index contributed by atoms with van der Waals surface area (Å²) < 4.78 is 26.0. The number of hydrogen-bond donors (Lipinski definition) is 1. The molecule has 0 aliphatic heterocycles. The zero-order valence-corrected chi connectivity index (χ0v) is 11.7. The van der Waals surface area contributed by atoms with Crippen LogP contribution in [0.1, 0.15) is 20.3 Å². The molecule has 0 heterocycles. The second kappa shape index (κ2) is 5.25. The van der Waals surface area contributed by atoms with E-state index in [0.717, 1.165) is 6.42 Å². The van der Waals surface area contributed by atoms with Crippen LogP contribution >= 0.6 is 11.6 Å². The number of anilines is 1. The van der Waals surface area contributed by atoms with E-state index in [2.05, 4.69) is 0 Å². The van der Waals surface area contributed by atoms with Gasteiger partial charge in [0.05, 0.1) is 10.7 Å². The third-order valence-electron chi connectivity index (χ3n) is 2.85. The van der Waals surface area contributed by atoms with Gasteiger partial charge in [-0.25, -0.2) is 8.42 Å². The van der Waals surface area contributed by atoms with Gasteiger partial charge in [0, 0.05) is 13.1 Å². The monoisotopic (exact) mass is 276 g/mol. The molecule has 0 saturated carbocycles. The Labute approximate surface area is 107 Å². The summed E-state index contributed by atoms with van der Waals surface area (Å²) in [5.74, 6) is 0. The lowest BCUT2D eigenvalue weighted by molar-refractivity contribution is 0.381. The summed E-state index contributed by atoms with van der Waals surface area (Å²) in [6.07, 6.45) is 0.722. The fourth-order valence-corrected chi connectivity index (χ4v) is 3.50. The third-order valence-corrected chi connectivity index (χ3v) is 5.36. The topological polar surface area (TPSA) is 63.4 Å². The average Bonchev–Trinajstić information content (AvgIpc) is 2.26. The van der Waals surface area contributed by atoms with Gasteiger partial charge in [-0.2, -0.15) is 4.31 Å². The number of halogens is 1. The molecule has 96 valence electrons. The highest BCUT2D eigenvalue weighted by atomic mass is 35.5. The van der Waals surface area contributed by atoms with Crippen molar-refractivity contribution < 1.29 is 8.42 Å². The van der Waals surface area contributed by atoms with Crippen LogP contribution in [0.15, 0.2) is 23.1 Å². The Balaban J connectivity index is 3.32. The van der Waals surface area contributed by atoms with E-state index in [4.69, 9.17) is 17.3 Å². The molecule has 1 atom stereocenters. The van der Waals surface area contributed by atoms with Crippen molar-refractivity contribution in [1.29, 1.82) is 0 Å². The smallest absolute Gasteiger partial charge is 0.246 e. The number of nitrogens with zero attached hydrogens (tertiary/aromatic N) is 1. The van der Waals surface area contributed by atoms with E-state index < -0.39 is 10.0 Å². The number of rotatable bonds is 4. The van der Waals surface area contributed by atoms with Crippen molar-refractivity contribution in [2.24, 2.45) is 0 Å². The first-order chi connectivity index (χ1) is 7.82. The summed E-state index contributed by atoms with van der Waals surface area (Å²) >= 11 is 5.92. The summed E-state index contributed by atoms with van der Waals surface area (Å²) in [6, 6.07) is 4.58. The first-order valence-electron chi connectivity index (χ1n) is 5.34. The molecule has 1 rings (SSSR count). The Morgan fingerprint density at radius 2 is 2.06 bits per heavy atom. The molecule has 0 radical (unpaired) electrons. The van der Waals surface area contributed by atoms with Gasteiger partial charge < -0.3 is 5.73 Å². The Morgan fingerprint density at radius 3 is 2.53 bits per heavy atom. The zero-order chi connectivity index (χ0) is 13.2. The summed E-state index contributed by atoms with van der Waals surface area (Å²) in [5.41, 5.74) is 5.87. The Morgan fingerprint density at radius 1 is 1.47 bits per heavy atom. The normalized spacial score (nSPS) is 13.9. The van der Waals surface area contributed by atoms with Gasteiger partial charge in [-0.05, 0) is 25.5 Å². The van der Waals surface area contributed by atoms with Gasteiger partial charge >= 0.3 is 0 Å². The van der Waals surface area contributed by atoms with E-state index in [-0.39, 0.29) is 21.6 Å². The summed E-state index contributed by atoms with van der Waals surface area (Å²) in [7, 11) is -2.10. The molecule has 1 unspecified atom stereocenters. The minimum Gasteiger partial charge on any atom is -0.398 e. The van der Waals surface area contributed by atoms with E-state index in [1.807, 2.05) is 13.8 Å². The summed E-state index contributed by atoms with van der Waals surface area (Å²) in [5, 5.41) is 0.153. The summed E-state index contributed by atoms with van der Waals surface area (Å²) in [4.78, 5) is -0.00975. The van der Waals surface area contributed by atoms with Crippen LogP contribution in [-0.2, 0) is 10.0 Å². The number of nitrogen functional groups attached to an aromatic ring is 1. The number of benzene rings is 1. The van der Waals surface area contributed by atoms with Crippen LogP contribution in [0.4, 0.5) is 5.69 Å². The molecule has 0 aromatic heterocycles. The minimum absolute atomic E-state index is 0.00975. The van der Waals surface area contributed by atoms with Gasteiger partial charge in [-0.1, -0.05) is 24.6 Å². The van der Waals surface area contributed by atoms with Gasteiger partial charge in [0.1, 0.15) is 4.90 Å². The van der Waals surface area contributed by atoms with Crippen molar-refractivity contribution in [3.8, 4) is 0 Å². The van der Waals surface area contributed by atoms with E-state index in [0.29, 0.717) is 0 Å². The maximum atomic E-state index is 12.3. The predicted molar refractivity (Wildman–Crippen MR) is 70.6 cm³/mol. The number of nitrogens with two attached hydrogens (primary N) is 1. The SMILES string of the molecule is CCC(C)N(C)S(=O)(=O)c1c(N)cccc1Cl. The van der Waals surface area contributed by atoms with Crippen LogP contribution in [-0.4, -0.2) is 25.8 Å². The molecule has 2 N–H and O–H groups in total. The van der Waals surface area contributed by atoms with Crippen molar-refractivity contribution in [2.45, 2.75) is 31.2 Å². The van der Waals surface area contributed by atoms with Crippen LogP contribution in [0.5, 0.6) is 0 Å². The molecule has 0 saturated heterocycles. The lowest BCUT2D eigenvalue weighted by Crippen LogP contribution is -2.35. The van der Waals surface area contributed by atoms with Crippen molar-refractivity contribution in [2.75, 3.05) is 12.8 Å². The van der Waals surface area contributed by atoms with Crippen LogP contribution in [0.25, 0.3) is 0 Å². The van der Waals surface area contributed by atoms with E-state index >= 15 is 0 Å². The molecule has 6 heteroatoms. The highest BCUT2D eigenvalue weighted by Crippen LogP contribution is 2.30. The summed E-state index contributed by atoms with van der Waals surface area (Å²) in [6.45, 7) is 3.76. The third kappa shape index (κ3) is 2.73. The fourth-order valence-electron chi connectivity index (χ4n) is 1.44. The average molecular weight is 277 g/mol. The molecule has 1 aromatic carbocycles. The molecule has 0 amide bonds. The second-order valence-electron chi connectivity index (χ2n) is 3.94. The fraction of sp³-hybridized carbons (Fsp3) is 0.455. The molecular weight excluding hydrogens is 260 g/mol. The van der Waals surface area contributed by atoms with Crippen molar-refractivity contribution >= 4 is 27.3 Å². The molecule has 0 spiro atoms. The van der Waals surface area contributed by atoms with E-state index in [9.17, 15) is 8.42 Å². The maximum Gasteiger partial charge on any atom is 0.246 e. The van der Waals surface area contributed by atoms with Crippen LogP contribution in [0.2, 0.25) is 5.02 Å². The molecule has 0 aliphatic rings. The van der Waals surface area contributed by atoms with Crippen LogP contribution in [0, 0.1) is 0 Å². The molecule has 0 bridgehead atoms. The van der Waals surface area contributed by atoms with Crippen molar-refractivity contribution in [3.63, 3.8) is 0 Å². The number of hydrogen-bond acceptors (Lipinski definition) is 3. The highest BCUT2D eigenvalue weighted by molar-refractivity contribution is 7.89. The van der Waals surface area contributed by atoms with Gasteiger partial charge in [0.25, 0.3) is 0 Å². The zero-order valence-electron chi connectivity index (χ0n) is 10.1. The molecule has 0 fully saturated rings. The van der Waals surface area contributed by atoms with Gasteiger partial charge in [-0.15, -0.1) is 0 Å². The highest BCUT2D eigenvalue weighted by Gasteiger charge is 2.28. The molecule has 0 aliphatic carbocycles. The minimum atomic E-state index is -3.64. The lowest BCUT2D eigenvalue weighted by atomic mass is 10.3. The molecule has 1 aromatic rings. The predicted octanol–water partition coefficient (Wildman–Crippen LogP) is 2.34. The van der Waals surface area contributed by atoms with Crippen LogP contribution < -0.4 is 5.73 Å². The van der Waals surface area contributed by atoms with Crippen molar-refractivity contribution in [3.05, 3.63) is 23.2 Å². The Bertz CT molecular complexity index is 482. The maximum absolute atomic E-state index is 12.3. The van der Waals surface area contributed by atoms with E-state index in [1.54, 1.807) is 6.07 Å². The van der Waals surface area contributed by atoms with Gasteiger partial charge in [-0.3, -0.25) is 0 Å². The standard InChI is InChI=1S/C11H17ClN2O2S/c1-4-8(2)14(3)17(15,16)11-9(12)6-5-7-10(11)13/h5-8H,4,13H2,1-3H3. The molecule has 17 heavy (non-hydrogen) atoms. The van der Waals surface area contributed by atoms with Crippen molar-refractivity contribution in [1.82, 2.24) is 4.31 Å². The largest absolute Gasteiger partial charge is 0.398 e. The van der Waals surface area contributed by atoms with Gasteiger partial charge in [0.15, 0.2) is 0 Å². The first-order valence-corrected chi connectivity index (χ1v) is 7.16.